The first kappa shape index (κ1) is 34.8. The second kappa shape index (κ2) is 13.5. The second-order valence-electron chi connectivity index (χ2n) is 14.9. The van der Waals surface area contributed by atoms with E-state index in [0.717, 1.165) is 5.56 Å². The summed E-state index contributed by atoms with van der Waals surface area (Å²) in [6, 6.07) is 12.8. The van der Waals surface area contributed by atoms with Crippen molar-refractivity contribution in [3.63, 3.8) is 0 Å². The van der Waals surface area contributed by atoms with Crippen molar-refractivity contribution in [1.29, 1.82) is 0 Å². The Bertz CT molecular complexity index is 1350. The summed E-state index contributed by atoms with van der Waals surface area (Å²) in [4.78, 5) is 0. The number of ether oxygens (including phenoxy) is 3. The second-order valence-corrected chi connectivity index (χ2v) is 15.3. The van der Waals surface area contributed by atoms with Crippen molar-refractivity contribution < 1.29 is 18.6 Å². The quantitative estimate of drug-likeness (QED) is 0.204. The van der Waals surface area contributed by atoms with Gasteiger partial charge in [-0.3, -0.25) is 4.68 Å². The van der Waals surface area contributed by atoms with Crippen molar-refractivity contribution in [3.05, 3.63) is 70.6 Å². The van der Waals surface area contributed by atoms with Gasteiger partial charge in [-0.1, -0.05) is 66.1 Å². The summed E-state index contributed by atoms with van der Waals surface area (Å²) in [5.74, 6) is 1.81. The fourth-order valence-corrected chi connectivity index (χ4v) is 5.30. The van der Waals surface area contributed by atoms with Crippen LogP contribution in [-0.4, -0.2) is 28.1 Å². The molecule has 2 aromatic carbocycles. The van der Waals surface area contributed by atoms with Crippen molar-refractivity contribution in [2.24, 2.45) is 5.41 Å². The first-order chi connectivity index (χ1) is 19.7. The molecule has 1 heterocycles. The largest absolute Gasteiger partial charge is 0.490 e. The number of hydrogen-bond donors (Lipinski definition) is 0. The van der Waals surface area contributed by atoms with Gasteiger partial charge in [0.05, 0.1) is 22.8 Å². The van der Waals surface area contributed by atoms with Crippen LogP contribution in [0, 0.1) is 11.2 Å². The number of halogens is 2. The highest BCUT2D eigenvalue weighted by molar-refractivity contribution is 6.32. The van der Waals surface area contributed by atoms with Gasteiger partial charge in [-0.2, -0.15) is 0 Å². The third-order valence-corrected chi connectivity index (χ3v) is 8.08. The normalized spacial score (nSPS) is 14.9. The molecule has 0 radical (unpaired) electrons. The summed E-state index contributed by atoms with van der Waals surface area (Å²) in [6.07, 6.45) is 2.69. The number of nitrogens with zero attached hydrogens (tertiary/aromatic N) is 2. The molecule has 1 aromatic heterocycles. The van der Waals surface area contributed by atoms with Crippen LogP contribution in [0.4, 0.5) is 4.39 Å². The fourth-order valence-electron chi connectivity index (χ4n) is 5.14. The van der Waals surface area contributed by atoms with E-state index in [4.69, 9.17) is 25.8 Å². The molecule has 3 unspecified atom stereocenters. The summed E-state index contributed by atoms with van der Waals surface area (Å²) in [5.41, 5.74) is 1.35. The smallest absolute Gasteiger partial charge is 0.233 e. The van der Waals surface area contributed by atoms with Crippen LogP contribution < -0.4 is 14.2 Å². The van der Waals surface area contributed by atoms with E-state index >= 15 is 0 Å². The van der Waals surface area contributed by atoms with Gasteiger partial charge in [0.1, 0.15) is 23.4 Å². The molecule has 0 saturated heterocycles. The zero-order chi connectivity index (χ0) is 32.3. The lowest BCUT2D eigenvalue weighted by Crippen LogP contribution is -2.36. The summed E-state index contributed by atoms with van der Waals surface area (Å²) in [7, 11) is 0. The highest BCUT2D eigenvalue weighted by Crippen LogP contribution is 2.36. The Hall–Kier alpha value is -2.73. The predicted octanol–water partition coefficient (Wildman–Crippen LogP) is 10.3. The van der Waals surface area contributed by atoms with Gasteiger partial charge in [-0.15, -0.1) is 5.10 Å². The molecule has 0 saturated carbocycles. The number of rotatable bonds is 12. The van der Waals surface area contributed by atoms with E-state index in [0.29, 0.717) is 41.2 Å². The van der Waals surface area contributed by atoms with E-state index in [9.17, 15) is 4.39 Å². The van der Waals surface area contributed by atoms with Crippen molar-refractivity contribution in [1.82, 2.24) is 9.78 Å². The Balaban J connectivity index is 1.71. The minimum Gasteiger partial charge on any atom is -0.490 e. The van der Waals surface area contributed by atoms with Crippen LogP contribution in [0.1, 0.15) is 113 Å². The summed E-state index contributed by atoms with van der Waals surface area (Å²) in [5, 5.41) is 5.22. The SMILES string of the molecule is CC(CC(Oc1ccn(C(C)(C)C)n1)C(C)(C)C)Oc1cc(F)cc(C(C)(C)CC(C)Oc2cc(C(C)C)ccc2Cl)c1. The van der Waals surface area contributed by atoms with Gasteiger partial charge in [-0.25, -0.2) is 4.39 Å². The minimum absolute atomic E-state index is 0.131. The third-order valence-electron chi connectivity index (χ3n) is 7.76. The summed E-state index contributed by atoms with van der Waals surface area (Å²) in [6.45, 7) is 25.2. The molecule has 238 valence electrons. The van der Waals surface area contributed by atoms with Crippen LogP contribution in [0.5, 0.6) is 17.4 Å². The molecular weight excluding hydrogens is 563 g/mol. The van der Waals surface area contributed by atoms with Crippen LogP contribution in [0.2, 0.25) is 5.02 Å². The lowest BCUT2D eigenvalue weighted by atomic mass is 9.80. The van der Waals surface area contributed by atoms with Crippen molar-refractivity contribution in [2.45, 2.75) is 131 Å². The van der Waals surface area contributed by atoms with E-state index in [1.807, 2.05) is 55.1 Å². The first-order valence-corrected chi connectivity index (χ1v) is 15.8. The summed E-state index contributed by atoms with van der Waals surface area (Å²) < 4.78 is 35.8. The maximum Gasteiger partial charge on any atom is 0.233 e. The van der Waals surface area contributed by atoms with Crippen molar-refractivity contribution in [2.75, 3.05) is 0 Å². The fraction of sp³-hybridized carbons (Fsp3) is 0.583. The number of benzene rings is 2. The average molecular weight is 615 g/mol. The van der Waals surface area contributed by atoms with Gasteiger partial charge in [0.15, 0.2) is 0 Å². The predicted molar refractivity (Wildman–Crippen MR) is 175 cm³/mol. The third kappa shape index (κ3) is 9.89. The summed E-state index contributed by atoms with van der Waals surface area (Å²) >= 11 is 6.45. The van der Waals surface area contributed by atoms with Crippen LogP contribution in [0.15, 0.2) is 48.7 Å². The lowest BCUT2D eigenvalue weighted by Gasteiger charge is -2.33. The Labute approximate surface area is 264 Å². The van der Waals surface area contributed by atoms with Gasteiger partial charge in [-0.05, 0) is 93.2 Å². The number of aromatic nitrogens is 2. The molecule has 0 amide bonds. The molecule has 0 aliphatic carbocycles. The van der Waals surface area contributed by atoms with Crippen LogP contribution in [0.25, 0.3) is 0 Å². The molecule has 0 aliphatic rings. The Morgan fingerprint density at radius 2 is 1.51 bits per heavy atom. The van der Waals surface area contributed by atoms with Crippen molar-refractivity contribution >= 4 is 11.6 Å². The highest BCUT2D eigenvalue weighted by atomic mass is 35.5. The topological polar surface area (TPSA) is 45.5 Å². The molecule has 5 nitrogen and oxygen atoms in total. The van der Waals surface area contributed by atoms with Gasteiger partial charge in [0, 0.05) is 24.8 Å². The molecular formula is C36H52ClFN2O3. The van der Waals surface area contributed by atoms with Crippen LogP contribution in [-0.2, 0) is 11.0 Å². The van der Waals surface area contributed by atoms with Gasteiger partial charge in [0.2, 0.25) is 5.88 Å². The maximum absolute atomic E-state index is 14.9. The maximum atomic E-state index is 14.9. The molecule has 0 bridgehead atoms. The zero-order valence-electron chi connectivity index (χ0n) is 28.2. The molecule has 0 N–H and O–H groups in total. The first-order valence-electron chi connectivity index (χ1n) is 15.4. The van der Waals surface area contributed by atoms with E-state index in [1.165, 1.54) is 11.6 Å². The molecule has 3 atom stereocenters. The monoisotopic (exact) mass is 614 g/mol. The molecule has 0 aliphatic heterocycles. The van der Waals surface area contributed by atoms with Gasteiger partial charge >= 0.3 is 0 Å². The van der Waals surface area contributed by atoms with E-state index in [-0.39, 0.29) is 40.5 Å². The van der Waals surface area contributed by atoms with Crippen LogP contribution >= 0.6 is 11.6 Å². The van der Waals surface area contributed by atoms with E-state index in [2.05, 4.69) is 74.3 Å². The standard InChI is InChI=1S/C36H52ClFN2O3/c1-23(2)26-13-14-30(37)31(18-26)42-25(4)22-36(11,12)27-19-28(38)21-29(20-27)41-24(3)17-32(34(5,6)7)43-33-15-16-40(39-33)35(8,9)10/h13-16,18-21,23-25,32H,17,22H2,1-12H3. The molecule has 0 spiro atoms. The van der Waals surface area contributed by atoms with Gasteiger partial charge in [0.25, 0.3) is 0 Å². The minimum atomic E-state index is -0.381. The van der Waals surface area contributed by atoms with Crippen molar-refractivity contribution in [3.8, 4) is 17.4 Å². The molecule has 7 heteroatoms. The molecule has 0 fully saturated rings. The van der Waals surface area contributed by atoms with Crippen LogP contribution in [0.3, 0.4) is 0 Å². The Kier molecular flexibility index (Phi) is 10.9. The van der Waals surface area contributed by atoms with E-state index < -0.39 is 0 Å². The molecule has 3 aromatic rings. The van der Waals surface area contributed by atoms with Gasteiger partial charge < -0.3 is 14.2 Å². The average Bonchev–Trinajstić information content (AvgIpc) is 3.33. The highest BCUT2D eigenvalue weighted by Gasteiger charge is 2.31. The zero-order valence-corrected chi connectivity index (χ0v) is 29.0. The Morgan fingerprint density at radius 1 is 0.837 bits per heavy atom. The molecule has 3 rings (SSSR count). The number of hydrogen-bond acceptors (Lipinski definition) is 4. The Morgan fingerprint density at radius 3 is 2.09 bits per heavy atom. The molecule has 43 heavy (non-hydrogen) atoms. The van der Waals surface area contributed by atoms with E-state index in [1.54, 1.807) is 6.07 Å². The lowest BCUT2D eigenvalue weighted by molar-refractivity contribution is 0.0399.